The van der Waals surface area contributed by atoms with Crippen molar-refractivity contribution in [1.82, 2.24) is 4.90 Å². The van der Waals surface area contributed by atoms with E-state index in [0.29, 0.717) is 26.3 Å². The van der Waals surface area contributed by atoms with Crippen molar-refractivity contribution in [3.05, 3.63) is 63.0 Å². The Bertz CT molecular complexity index is 1150. The summed E-state index contributed by atoms with van der Waals surface area (Å²) in [7, 11) is 0. The Labute approximate surface area is 174 Å². The van der Waals surface area contributed by atoms with Gasteiger partial charge in [-0.3, -0.25) is 9.69 Å². The van der Waals surface area contributed by atoms with Gasteiger partial charge in [-0.05, 0) is 29.8 Å². The van der Waals surface area contributed by atoms with Gasteiger partial charge in [0.25, 0.3) is 0 Å². The van der Waals surface area contributed by atoms with Gasteiger partial charge in [-0.2, -0.15) is 13.2 Å². The summed E-state index contributed by atoms with van der Waals surface area (Å²) in [6.07, 6.45) is -4.92. The van der Waals surface area contributed by atoms with Crippen molar-refractivity contribution < 1.29 is 27.4 Å². The van der Waals surface area contributed by atoms with Crippen LogP contribution in [0.2, 0.25) is 5.02 Å². The molecule has 0 amide bonds. The van der Waals surface area contributed by atoms with Crippen molar-refractivity contribution in [2.45, 2.75) is 12.7 Å². The third-order valence-electron chi connectivity index (χ3n) is 4.99. The molecule has 1 N–H and O–H groups in total. The van der Waals surface area contributed by atoms with Gasteiger partial charge in [0.15, 0.2) is 0 Å². The van der Waals surface area contributed by atoms with Crippen molar-refractivity contribution in [2.75, 3.05) is 26.3 Å². The van der Waals surface area contributed by atoms with Crippen molar-refractivity contribution in [2.24, 2.45) is 0 Å². The monoisotopic (exact) mass is 439 g/mol. The van der Waals surface area contributed by atoms with E-state index in [1.165, 1.54) is 36.4 Å². The smallest absolute Gasteiger partial charge is 0.450 e. The maximum atomic E-state index is 13.9. The number of phenolic OH excluding ortho intramolecular Hbond substituents is 1. The molecule has 158 valence electrons. The molecule has 0 radical (unpaired) electrons. The molecule has 2 heterocycles. The number of benzene rings is 2. The Hall–Kier alpha value is -2.55. The van der Waals surface area contributed by atoms with Crippen molar-refractivity contribution in [3.63, 3.8) is 0 Å². The van der Waals surface area contributed by atoms with Crippen LogP contribution in [0.5, 0.6) is 5.75 Å². The topological polar surface area (TPSA) is 62.9 Å². The number of fused-ring (bicyclic) bond motifs is 1. The zero-order valence-corrected chi connectivity index (χ0v) is 16.4. The van der Waals surface area contributed by atoms with E-state index in [2.05, 4.69) is 0 Å². The van der Waals surface area contributed by atoms with Crippen LogP contribution in [0.3, 0.4) is 0 Å². The number of morpholine rings is 1. The van der Waals surface area contributed by atoms with Crippen molar-refractivity contribution in [3.8, 4) is 16.9 Å². The van der Waals surface area contributed by atoms with Crippen LogP contribution in [0, 0.1) is 0 Å². The number of hydrogen-bond donors (Lipinski definition) is 1. The Kier molecular flexibility index (Phi) is 5.48. The highest BCUT2D eigenvalue weighted by atomic mass is 35.5. The molecule has 0 unspecified atom stereocenters. The molecule has 0 spiro atoms. The molecule has 1 aromatic heterocycles. The predicted molar refractivity (Wildman–Crippen MR) is 106 cm³/mol. The van der Waals surface area contributed by atoms with E-state index in [1.807, 2.05) is 4.90 Å². The van der Waals surface area contributed by atoms with Gasteiger partial charge < -0.3 is 14.3 Å². The largest absolute Gasteiger partial charge is 0.507 e. The molecular formula is C21H17ClF3NO4. The van der Waals surface area contributed by atoms with Gasteiger partial charge in [0, 0.05) is 24.7 Å². The molecule has 0 bridgehead atoms. The molecule has 1 saturated heterocycles. The van der Waals surface area contributed by atoms with Crippen LogP contribution in [0.25, 0.3) is 22.1 Å². The number of aromatic hydroxyl groups is 1. The summed E-state index contributed by atoms with van der Waals surface area (Å²) in [6, 6.07) is 8.18. The second-order valence-electron chi connectivity index (χ2n) is 6.97. The minimum atomic E-state index is -4.92. The predicted octanol–water partition coefficient (Wildman–Crippen LogP) is 4.67. The van der Waals surface area contributed by atoms with E-state index in [1.54, 1.807) is 0 Å². The van der Waals surface area contributed by atoms with Crippen molar-refractivity contribution in [1.29, 1.82) is 0 Å². The van der Waals surface area contributed by atoms with Gasteiger partial charge in [0.05, 0.1) is 29.7 Å². The fourth-order valence-electron chi connectivity index (χ4n) is 3.55. The summed E-state index contributed by atoms with van der Waals surface area (Å²) < 4.78 is 52.2. The lowest BCUT2D eigenvalue weighted by Gasteiger charge is -2.27. The van der Waals surface area contributed by atoms with E-state index < -0.39 is 22.9 Å². The van der Waals surface area contributed by atoms with Crippen LogP contribution in [-0.4, -0.2) is 36.3 Å². The first-order valence-corrected chi connectivity index (χ1v) is 9.58. The average Bonchev–Trinajstić information content (AvgIpc) is 2.70. The highest BCUT2D eigenvalue weighted by molar-refractivity contribution is 6.30. The minimum absolute atomic E-state index is 0.00767. The first-order chi connectivity index (χ1) is 14.3. The second-order valence-corrected chi connectivity index (χ2v) is 7.41. The Morgan fingerprint density at radius 1 is 1.13 bits per heavy atom. The summed E-state index contributed by atoms with van der Waals surface area (Å²) in [5.41, 5.74) is -1.58. The number of alkyl halides is 3. The summed E-state index contributed by atoms with van der Waals surface area (Å²) >= 11 is 5.92. The zero-order chi connectivity index (χ0) is 21.5. The van der Waals surface area contributed by atoms with E-state index in [4.69, 9.17) is 20.8 Å². The Morgan fingerprint density at radius 3 is 2.53 bits per heavy atom. The van der Waals surface area contributed by atoms with Crippen LogP contribution < -0.4 is 5.43 Å². The van der Waals surface area contributed by atoms with Crippen LogP contribution >= 0.6 is 11.6 Å². The Morgan fingerprint density at radius 2 is 1.87 bits per heavy atom. The molecule has 2 aromatic carbocycles. The first kappa shape index (κ1) is 20.7. The lowest BCUT2D eigenvalue weighted by molar-refractivity contribution is -0.152. The van der Waals surface area contributed by atoms with E-state index >= 15 is 0 Å². The summed E-state index contributed by atoms with van der Waals surface area (Å²) in [6.45, 7) is 2.17. The Balaban J connectivity index is 1.97. The molecule has 30 heavy (non-hydrogen) atoms. The highest BCUT2D eigenvalue weighted by Crippen LogP contribution is 2.39. The zero-order valence-electron chi connectivity index (χ0n) is 15.6. The average molecular weight is 440 g/mol. The van der Waals surface area contributed by atoms with E-state index in [-0.39, 0.29) is 39.4 Å². The van der Waals surface area contributed by atoms with Crippen LogP contribution in [0.1, 0.15) is 11.3 Å². The van der Waals surface area contributed by atoms with Crippen LogP contribution in [0.15, 0.2) is 45.6 Å². The normalized spacial score (nSPS) is 15.6. The highest BCUT2D eigenvalue weighted by Gasteiger charge is 2.40. The standard InChI is InChI=1S/C21H17ClF3NO4/c22-13-3-1-2-12(10-13)17-18(28)14-4-5-16(27)15(11-26-6-8-29-9-7-26)19(14)30-20(17)21(23,24)25/h1-5,10,27H,6-9,11H2. The van der Waals surface area contributed by atoms with E-state index in [9.17, 15) is 23.1 Å². The number of phenols is 1. The lowest BCUT2D eigenvalue weighted by Crippen LogP contribution is -2.35. The fraction of sp³-hybridized carbons (Fsp3) is 0.286. The number of halogens is 4. The maximum Gasteiger partial charge on any atom is 0.450 e. The first-order valence-electron chi connectivity index (χ1n) is 9.20. The fourth-order valence-corrected chi connectivity index (χ4v) is 3.74. The third kappa shape index (κ3) is 3.90. The molecule has 0 saturated carbocycles. The van der Waals surface area contributed by atoms with Crippen LogP contribution in [0.4, 0.5) is 13.2 Å². The van der Waals surface area contributed by atoms with E-state index in [0.717, 1.165) is 0 Å². The second kappa shape index (κ2) is 7.94. The number of ether oxygens (including phenoxy) is 1. The molecule has 3 aromatic rings. The summed E-state index contributed by atoms with van der Waals surface area (Å²) in [5, 5.41) is 10.5. The van der Waals surface area contributed by atoms with Gasteiger partial charge in [-0.25, -0.2) is 0 Å². The molecule has 9 heteroatoms. The molecular weight excluding hydrogens is 423 g/mol. The van der Waals surface area contributed by atoms with Gasteiger partial charge in [0.1, 0.15) is 11.3 Å². The SMILES string of the molecule is O=c1c(-c2cccc(Cl)c2)c(C(F)(F)F)oc2c(CN3CCOCC3)c(O)ccc12. The quantitative estimate of drug-likeness (QED) is 0.642. The molecule has 4 rings (SSSR count). The minimum Gasteiger partial charge on any atom is -0.507 e. The number of hydrogen-bond acceptors (Lipinski definition) is 5. The molecule has 1 aliphatic rings. The molecule has 1 fully saturated rings. The summed E-state index contributed by atoms with van der Waals surface area (Å²) in [5.74, 6) is -1.66. The molecule has 0 aliphatic carbocycles. The number of nitrogens with zero attached hydrogens (tertiary/aromatic N) is 1. The maximum absolute atomic E-state index is 13.9. The molecule has 1 aliphatic heterocycles. The van der Waals surface area contributed by atoms with Gasteiger partial charge in [-0.15, -0.1) is 0 Å². The van der Waals surface area contributed by atoms with Gasteiger partial charge >= 0.3 is 6.18 Å². The van der Waals surface area contributed by atoms with Crippen molar-refractivity contribution >= 4 is 22.6 Å². The van der Waals surface area contributed by atoms with Crippen LogP contribution in [-0.2, 0) is 17.5 Å². The summed E-state index contributed by atoms with van der Waals surface area (Å²) in [4.78, 5) is 15.1. The van der Waals surface area contributed by atoms with Gasteiger partial charge in [-0.1, -0.05) is 23.7 Å². The lowest BCUT2D eigenvalue weighted by atomic mass is 10.00. The molecule has 0 atom stereocenters. The van der Waals surface area contributed by atoms with Gasteiger partial charge in [0.2, 0.25) is 11.2 Å². The number of rotatable bonds is 3. The third-order valence-corrected chi connectivity index (χ3v) is 5.23. The molecule has 5 nitrogen and oxygen atoms in total.